The molecule has 0 spiro atoms. The Balaban J connectivity index is 1.64. The van der Waals surface area contributed by atoms with Gasteiger partial charge in [0.1, 0.15) is 0 Å². The first kappa shape index (κ1) is 14.4. The van der Waals surface area contributed by atoms with Crippen molar-refractivity contribution in [2.45, 2.75) is 6.54 Å². The smallest absolute Gasteiger partial charge is 0.255 e. The topological polar surface area (TPSA) is 68.6 Å². The predicted octanol–water partition coefficient (Wildman–Crippen LogP) is 1.43. The van der Waals surface area contributed by atoms with Crippen LogP contribution in [0, 0.1) is 0 Å². The van der Waals surface area contributed by atoms with Crippen LogP contribution in [0.5, 0.6) is 11.5 Å². The molecule has 0 bridgehead atoms. The van der Waals surface area contributed by atoms with Gasteiger partial charge in [-0.05, 0) is 32.3 Å². The fourth-order valence-corrected chi connectivity index (χ4v) is 2.09. The number of anilines is 1. The summed E-state index contributed by atoms with van der Waals surface area (Å²) >= 11 is 0. The highest BCUT2D eigenvalue weighted by atomic mass is 16.7. The average Bonchev–Trinajstić information content (AvgIpc) is 3.12. The van der Waals surface area contributed by atoms with Gasteiger partial charge in [-0.25, -0.2) is 0 Å². The van der Waals surface area contributed by atoms with E-state index in [1.165, 1.54) is 0 Å². The van der Waals surface area contributed by atoms with E-state index >= 15 is 0 Å². The minimum atomic E-state index is -0.203. The zero-order chi connectivity index (χ0) is 15.5. The molecule has 1 aromatic carbocycles. The fourth-order valence-electron chi connectivity index (χ4n) is 2.09. The zero-order valence-electron chi connectivity index (χ0n) is 12.6. The van der Waals surface area contributed by atoms with Crippen LogP contribution in [0.4, 0.5) is 5.69 Å². The molecule has 3 rings (SSSR count). The van der Waals surface area contributed by atoms with Gasteiger partial charge in [0.25, 0.3) is 5.91 Å². The van der Waals surface area contributed by atoms with Gasteiger partial charge in [-0.2, -0.15) is 5.10 Å². The van der Waals surface area contributed by atoms with Crippen LogP contribution in [0.15, 0.2) is 30.6 Å². The van der Waals surface area contributed by atoms with Crippen LogP contribution in [0.1, 0.15) is 10.4 Å². The second kappa shape index (κ2) is 6.07. The Morgan fingerprint density at radius 2 is 2.18 bits per heavy atom. The number of rotatable bonds is 5. The number of aromatic nitrogens is 2. The van der Waals surface area contributed by atoms with E-state index < -0.39 is 0 Å². The van der Waals surface area contributed by atoms with E-state index in [1.54, 1.807) is 29.1 Å². The lowest BCUT2D eigenvalue weighted by Crippen LogP contribution is -2.18. The number of hydrogen-bond acceptors (Lipinski definition) is 5. The standard InChI is InChI=1S/C15H18N4O3/c1-18(2)5-6-19-9-12(8-16-19)17-15(20)11-3-4-13-14(7-11)22-10-21-13/h3-4,7-9H,5-6,10H2,1-2H3,(H,17,20). The van der Waals surface area contributed by atoms with Crippen LogP contribution in [0.3, 0.4) is 0 Å². The summed E-state index contributed by atoms with van der Waals surface area (Å²) in [7, 11) is 4.01. The van der Waals surface area contributed by atoms with E-state index in [-0.39, 0.29) is 12.7 Å². The number of amides is 1. The summed E-state index contributed by atoms with van der Waals surface area (Å²) in [5, 5.41) is 7.05. The molecule has 0 unspecified atom stereocenters. The van der Waals surface area contributed by atoms with Crippen molar-refractivity contribution in [2.24, 2.45) is 0 Å². The molecule has 1 N–H and O–H groups in total. The molecular weight excluding hydrogens is 284 g/mol. The van der Waals surface area contributed by atoms with Gasteiger partial charge >= 0.3 is 0 Å². The Bertz CT molecular complexity index is 681. The molecule has 7 nitrogen and oxygen atoms in total. The van der Waals surface area contributed by atoms with Gasteiger partial charge in [-0.1, -0.05) is 0 Å². The highest BCUT2D eigenvalue weighted by Gasteiger charge is 2.16. The summed E-state index contributed by atoms with van der Waals surface area (Å²) in [5.74, 6) is 1.05. The highest BCUT2D eigenvalue weighted by Crippen LogP contribution is 2.32. The minimum absolute atomic E-state index is 0.194. The Morgan fingerprint density at radius 3 is 3.00 bits per heavy atom. The van der Waals surface area contributed by atoms with Gasteiger partial charge in [0.05, 0.1) is 18.4 Å². The molecule has 1 aliphatic rings. The number of nitrogens with one attached hydrogen (secondary N) is 1. The van der Waals surface area contributed by atoms with E-state index in [0.717, 1.165) is 13.1 Å². The summed E-state index contributed by atoms with van der Waals surface area (Å²) in [4.78, 5) is 14.3. The lowest BCUT2D eigenvalue weighted by atomic mass is 10.2. The van der Waals surface area contributed by atoms with Crippen LogP contribution >= 0.6 is 0 Å². The van der Waals surface area contributed by atoms with Crippen LogP contribution in [0.2, 0.25) is 0 Å². The van der Waals surface area contributed by atoms with Crippen LogP contribution in [-0.2, 0) is 6.54 Å². The number of fused-ring (bicyclic) bond motifs is 1. The van der Waals surface area contributed by atoms with Crippen LogP contribution < -0.4 is 14.8 Å². The van der Waals surface area contributed by atoms with Gasteiger partial charge in [-0.3, -0.25) is 9.48 Å². The summed E-state index contributed by atoms with van der Waals surface area (Å²) in [6.07, 6.45) is 3.45. The summed E-state index contributed by atoms with van der Waals surface area (Å²) in [5.41, 5.74) is 1.19. The van der Waals surface area contributed by atoms with E-state index in [1.807, 2.05) is 20.3 Å². The molecule has 0 fully saturated rings. The Hall–Kier alpha value is -2.54. The average molecular weight is 302 g/mol. The molecular formula is C15H18N4O3. The van der Waals surface area contributed by atoms with Gasteiger partial charge in [0.15, 0.2) is 11.5 Å². The van der Waals surface area contributed by atoms with E-state index in [9.17, 15) is 4.79 Å². The second-order valence-electron chi connectivity index (χ2n) is 5.32. The molecule has 116 valence electrons. The molecule has 0 saturated heterocycles. The minimum Gasteiger partial charge on any atom is -0.454 e. The SMILES string of the molecule is CN(C)CCn1cc(NC(=O)c2ccc3c(c2)OCO3)cn1. The first-order valence-electron chi connectivity index (χ1n) is 7.00. The number of nitrogens with zero attached hydrogens (tertiary/aromatic N) is 3. The van der Waals surface area contributed by atoms with E-state index in [2.05, 4.69) is 15.3 Å². The molecule has 22 heavy (non-hydrogen) atoms. The maximum atomic E-state index is 12.2. The van der Waals surface area contributed by atoms with E-state index in [4.69, 9.17) is 9.47 Å². The molecule has 0 aliphatic carbocycles. The monoisotopic (exact) mass is 302 g/mol. The Morgan fingerprint density at radius 1 is 1.36 bits per heavy atom. The van der Waals surface area contributed by atoms with Gasteiger partial charge in [-0.15, -0.1) is 0 Å². The lowest BCUT2D eigenvalue weighted by molar-refractivity contribution is 0.102. The number of benzene rings is 1. The van der Waals surface area contributed by atoms with Crippen molar-refractivity contribution in [2.75, 3.05) is 32.7 Å². The summed E-state index contributed by atoms with van der Waals surface area (Å²) in [6.45, 7) is 1.85. The molecule has 0 atom stereocenters. The number of ether oxygens (including phenoxy) is 2. The van der Waals surface area contributed by atoms with Gasteiger partial charge < -0.3 is 19.7 Å². The maximum absolute atomic E-state index is 12.2. The molecule has 1 aliphatic heterocycles. The van der Waals surface area contributed by atoms with Crippen molar-refractivity contribution in [3.63, 3.8) is 0 Å². The van der Waals surface area contributed by atoms with Crippen molar-refractivity contribution >= 4 is 11.6 Å². The van der Waals surface area contributed by atoms with Crippen molar-refractivity contribution in [1.82, 2.24) is 14.7 Å². The fraction of sp³-hybridized carbons (Fsp3) is 0.333. The number of carbonyl (C=O) groups excluding carboxylic acids is 1. The molecule has 1 aromatic heterocycles. The van der Waals surface area contributed by atoms with Gasteiger partial charge in [0.2, 0.25) is 6.79 Å². The normalized spacial score (nSPS) is 12.7. The van der Waals surface area contributed by atoms with Crippen molar-refractivity contribution in [1.29, 1.82) is 0 Å². The first-order valence-corrected chi connectivity index (χ1v) is 7.00. The number of carbonyl (C=O) groups is 1. The third-order valence-corrected chi connectivity index (χ3v) is 3.30. The zero-order valence-corrected chi connectivity index (χ0v) is 12.6. The molecule has 0 radical (unpaired) electrons. The largest absolute Gasteiger partial charge is 0.454 e. The molecule has 0 saturated carbocycles. The molecule has 7 heteroatoms. The van der Waals surface area contributed by atoms with Crippen molar-refractivity contribution in [3.8, 4) is 11.5 Å². The van der Waals surface area contributed by atoms with Crippen LogP contribution in [0.25, 0.3) is 0 Å². The molecule has 2 aromatic rings. The third kappa shape index (κ3) is 3.20. The number of likely N-dealkylation sites (N-methyl/N-ethyl adjacent to an activating group) is 1. The second-order valence-corrected chi connectivity index (χ2v) is 5.32. The predicted molar refractivity (Wildman–Crippen MR) is 81.3 cm³/mol. The molecule has 1 amide bonds. The third-order valence-electron chi connectivity index (χ3n) is 3.30. The Labute approximate surface area is 128 Å². The lowest BCUT2D eigenvalue weighted by Gasteiger charge is -2.08. The maximum Gasteiger partial charge on any atom is 0.255 e. The van der Waals surface area contributed by atoms with Crippen LogP contribution in [-0.4, -0.2) is 48.0 Å². The van der Waals surface area contributed by atoms with Gasteiger partial charge in [0, 0.05) is 18.3 Å². The highest BCUT2D eigenvalue weighted by molar-refractivity contribution is 6.04. The quantitative estimate of drug-likeness (QED) is 0.905. The number of hydrogen-bond donors (Lipinski definition) is 1. The molecule has 2 heterocycles. The Kier molecular flexibility index (Phi) is 3.97. The summed E-state index contributed by atoms with van der Waals surface area (Å²) < 4.78 is 12.3. The van der Waals surface area contributed by atoms with Crippen molar-refractivity contribution < 1.29 is 14.3 Å². The van der Waals surface area contributed by atoms with Crippen molar-refractivity contribution in [3.05, 3.63) is 36.2 Å². The van der Waals surface area contributed by atoms with E-state index in [0.29, 0.717) is 22.7 Å². The summed E-state index contributed by atoms with van der Waals surface area (Å²) in [6, 6.07) is 5.12. The first-order chi connectivity index (χ1) is 10.6.